The number of nitriles is 1. The Balaban J connectivity index is 2.08. The number of para-hydroxylation sites is 1. The number of carbonyl (C=O) groups excluding carboxylic acids is 1. The molecule has 1 aromatic heterocycles. The molecule has 0 unspecified atom stereocenters. The van der Waals surface area contributed by atoms with Crippen molar-refractivity contribution >= 4 is 5.91 Å². The predicted molar refractivity (Wildman–Crippen MR) is 98.5 cm³/mol. The molecule has 0 aliphatic carbocycles. The number of nitrogens with two attached hydrogens (primary N) is 1. The molecule has 2 N–H and O–H groups in total. The van der Waals surface area contributed by atoms with E-state index in [0.29, 0.717) is 17.7 Å². The average Bonchev–Trinajstić information content (AvgIpc) is 2.99. The van der Waals surface area contributed by atoms with Crippen LogP contribution in [0.25, 0.3) is 22.3 Å². The van der Waals surface area contributed by atoms with Gasteiger partial charge in [0, 0.05) is 12.6 Å². The zero-order valence-corrected chi connectivity index (χ0v) is 14.6. The number of aromatic nitrogens is 2. The maximum Gasteiger partial charge on any atom is 0.267 e. The van der Waals surface area contributed by atoms with Crippen LogP contribution in [0.4, 0.5) is 0 Å². The van der Waals surface area contributed by atoms with E-state index in [1.807, 2.05) is 61.5 Å². The van der Waals surface area contributed by atoms with Crippen LogP contribution in [0.15, 0.2) is 48.5 Å². The summed E-state index contributed by atoms with van der Waals surface area (Å²) in [6.07, 6.45) is 0. The number of amides is 1. The van der Waals surface area contributed by atoms with Crippen molar-refractivity contribution in [2.24, 2.45) is 12.8 Å². The van der Waals surface area contributed by atoms with E-state index in [0.717, 1.165) is 16.9 Å². The molecule has 6 nitrogen and oxygen atoms in total. The number of ether oxygens (including phenoxy) is 1. The van der Waals surface area contributed by atoms with Crippen LogP contribution in [0.5, 0.6) is 5.75 Å². The minimum atomic E-state index is -0.623. The van der Waals surface area contributed by atoms with Crippen LogP contribution < -0.4 is 10.5 Å². The first kappa shape index (κ1) is 17.2. The molecule has 0 atom stereocenters. The topological polar surface area (TPSA) is 93.9 Å². The molecule has 0 saturated carbocycles. The van der Waals surface area contributed by atoms with Gasteiger partial charge in [0.05, 0.1) is 12.2 Å². The Morgan fingerprint density at radius 1 is 1.19 bits per heavy atom. The summed E-state index contributed by atoms with van der Waals surface area (Å²) in [7, 11) is 1.59. The molecule has 0 radical (unpaired) electrons. The zero-order valence-electron chi connectivity index (χ0n) is 14.6. The predicted octanol–water partition coefficient (Wildman–Crippen LogP) is 3.12. The molecule has 3 rings (SSSR count). The minimum Gasteiger partial charge on any atom is -0.493 e. The molecule has 3 aromatic rings. The smallest absolute Gasteiger partial charge is 0.267 e. The van der Waals surface area contributed by atoms with Crippen molar-refractivity contribution in [3.8, 4) is 34.1 Å². The Morgan fingerprint density at radius 3 is 2.46 bits per heavy atom. The average molecular weight is 346 g/mol. The van der Waals surface area contributed by atoms with Gasteiger partial charge in [0.2, 0.25) is 0 Å². The summed E-state index contributed by atoms with van der Waals surface area (Å²) in [6, 6.07) is 17.4. The summed E-state index contributed by atoms with van der Waals surface area (Å²) in [5.74, 6) is 0.182. The molecule has 1 amide bonds. The van der Waals surface area contributed by atoms with Gasteiger partial charge in [-0.25, -0.2) is 0 Å². The fourth-order valence-corrected chi connectivity index (χ4v) is 2.96. The monoisotopic (exact) mass is 346 g/mol. The second-order valence-corrected chi connectivity index (χ2v) is 5.68. The van der Waals surface area contributed by atoms with E-state index in [2.05, 4.69) is 5.10 Å². The highest BCUT2D eigenvalue weighted by atomic mass is 16.5. The summed E-state index contributed by atoms with van der Waals surface area (Å²) in [6.45, 7) is 2.52. The molecule has 2 aromatic carbocycles. The molecule has 26 heavy (non-hydrogen) atoms. The van der Waals surface area contributed by atoms with Gasteiger partial charge in [-0.3, -0.25) is 9.48 Å². The molecule has 0 saturated heterocycles. The standard InChI is InChI=1S/C20H18N4O2/c1-3-26-17-7-5-4-6-15(17)13-8-10-14(11-9-13)18-16(12-21)23-24(2)19(18)20(22)25/h4-11H,3H2,1-2H3,(H2,22,25). The van der Waals surface area contributed by atoms with Crippen LogP contribution in [0.2, 0.25) is 0 Å². The van der Waals surface area contributed by atoms with Crippen molar-refractivity contribution in [1.29, 1.82) is 5.26 Å². The maximum absolute atomic E-state index is 11.8. The number of primary amides is 1. The van der Waals surface area contributed by atoms with Gasteiger partial charge >= 0.3 is 0 Å². The SMILES string of the molecule is CCOc1ccccc1-c1ccc(-c2c(C#N)nn(C)c2C(N)=O)cc1. The first-order chi connectivity index (χ1) is 12.6. The van der Waals surface area contributed by atoms with Crippen molar-refractivity contribution < 1.29 is 9.53 Å². The van der Waals surface area contributed by atoms with Crippen LogP contribution in [0, 0.1) is 11.3 Å². The zero-order chi connectivity index (χ0) is 18.7. The van der Waals surface area contributed by atoms with Crippen LogP contribution in [-0.4, -0.2) is 22.3 Å². The van der Waals surface area contributed by atoms with E-state index in [-0.39, 0.29) is 11.4 Å². The van der Waals surface area contributed by atoms with Gasteiger partial charge in [0.1, 0.15) is 17.5 Å². The van der Waals surface area contributed by atoms with Crippen LogP contribution >= 0.6 is 0 Å². The van der Waals surface area contributed by atoms with Crippen molar-refractivity contribution in [2.75, 3.05) is 6.61 Å². The Labute approximate surface area is 151 Å². The first-order valence-electron chi connectivity index (χ1n) is 8.16. The lowest BCUT2D eigenvalue weighted by Gasteiger charge is -2.11. The van der Waals surface area contributed by atoms with Crippen LogP contribution in [0.1, 0.15) is 23.1 Å². The van der Waals surface area contributed by atoms with Crippen LogP contribution in [-0.2, 0) is 7.05 Å². The summed E-state index contributed by atoms with van der Waals surface area (Å²) in [4.78, 5) is 11.8. The third-order valence-electron chi connectivity index (χ3n) is 4.06. The Morgan fingerprint density at radius 2 is 1.85 bits per heavy atom. The normalized spacial score (nSPS) is 10.3. The molecule has 1 heterocycles. The number of rotatable bonds is 5. The Hall–Kier alpha value is -3.59. The Bertz CT molecular complexity index is 998. The van der Waals surface area contributed by atoms with Gasteiger partial charge in [-0.15, -0.1) is 0 Å². The van der Waals surface area contributed by atoms with Crippen molar-refractivity contribution in [3.05, 3.63) is 59.9 Å². The number of carbonyl (C=O) groups is 1. The molecular formula is C20H18N4O2. The molecule has 0 spiro atoms. The van der Waals surface area contributed by atoms with E-state index in [1.165, 1.54) is 4.68 Å². The number of hydrogen-bond acceptors (Lipinski definition) is 4. The lowest BCUT2D eigenvalue weighted by molar-refractivity contribution is 0.0992. The number of benzene rings is 2. The summed E-state index contributed by atoms with van der Waals surface area (Å²) in [5, 5.41) is 13.4. The highest BCUT2D eigenvalue weighted by Crippen LogP contribution is 2.33. The lowest BCUT2D eigenvalue weighted by Crippen LogP contribution is -2.16. The molecule has 0 aliphatic heterocycles. The highest BCUT2D eigenvalue weighted by Gasteiger charge is 2.21. The molecule has 0 fully saturated rings. The summed E-state index contributed by atoms with van der Waals surface area (Å²) in [5.41, 5.74) is 8.96. The van der Waals surface area contributed by atoms with Gasteiger partial charge < -0.3 is 10.5 Å². The third-order valence-corrected chi connectivity index (χ3v) is 4.06. The minimum absolute atomic E-state index is 0.170. The van der Waals surface area contributed by atoms with E-state index >= 15 is 0 Å². The maximum atomic E-state index is 11.8. The number of aryl methyl sites for hydroxylation is 1. The second kappa shape index (κ2) is 7.11. The van der Waals surface area contributed by atoms with E-state index in [9.17, 15) is 10.1 Å². The van der Waals surface area contributed by atoms with Gasteiger partial charge in [0.25, 0.3) is 5.91 Å². The van der Waals surface area contributed by atoms with Crippen molar-refractivity contribution in [2.45, 2.75) is 6.92 Å². The van der Waals surface area contributed by atoms with Gasteiger partial charge in [-0.2, -0.15) is 10.4 Å². The van der Waals surface area contributed by atoms with E-state index < -0.39 is 5.91 Å². The summed E-state index contributed by atoms with van der Waals surface area (Å²) >= 11 is 0. The largest absolute Gasteiger partial charge is 0.493 e. The van der Waals surface area contributed by atoms with Crippen LogP contribution in [0.3, 0.4) is 0 Å². The van der Waals surface area contributed by atoms with Gasteiger partial charge in [0.15, 0.2) is 5.69 Å². The molecule has 0 bridgehead atoms. The first-order valence-corrected chi connectivity index (χ1v) is 8.16. The quantitative estimate of drug-likeness (QED) is 0.768. The Kier molecular flexibility index (Phi) is 4.72. The lowest BCUT2D eigenvalue weighted by atomic mass is 9.98. The van der Waals surface area contributed by atoms with Crippen molar-refractivity contribution in [3.63, 3.8) is 0 Å². The second-order valence-electron chi connectivity index (χ2n) is 5.68. The van der Waals surface area contributed by atoms with Gasteiger partial charge in [-0.1, -0.05) is 42.5 Å². The molecular weight excluding hydrogens is 328 g/mol. The van der Waals surface area contributed by atoms with E-state index in [4.69, 9.17) is 10.5 Å². The third kappa shape index (κ3) is 3.03. The molecule has 0 aliphatic rings. The van der Waals surface area contributed by atoms with E-state index in [1.54, 1.807) is 7.05 Å². The molecule has 6 heteroatoms. The molecule has 130 valence electrons. The van der Waals surface area contributed by atoms with Gasteiger partial charge in [-0.05, 0) is 24.1 Å². The number of nitrogens with zero attached hydrogens (tertiary/aromatic N) is 3. The van der Waals surface area contributed by atoms with Crippen molar-refractivity contribution in [1.82, 2.24) is 9.78 Å². The number of hydrogen-bond donors (Lipinski definition) is 1. The fourth-order valence-electron chi connectivity index (χ4n) is 2.96. The fraction of sp³-hybridized carbons (Fsp3) is 0.150. The highest BCUT2D eigenvalue weighted by molar-refractivity contribution is 5.99. The summed E-state index contributed by atoms with van der Waals surface area (Å²) < 4.78 is 7.02.